The van der Waals surface area contributed by atoms with Crippen LogP contribution in [0, 0.1) is 17.5 Å². The van der Waals surface area contributed by atoms with E-state index in [9.17, 15) is 31.2 Å². The van der Waals surface area contributed by atoms with Crippen LogP contribution in [0.1, 0.15) is 17.3 Å². The summed E-state index contributed by atoms with van der Waals surface area (Å²) in [5, 5.41) is 1.34. The molecule has 0 spiro atoms. The minimum absolute atomic E-state index is 0.180. The van der Waals surface area contributed by atoms with Gasteiger partial charge in [-0.25, -0.2) is 26.4 Å². The van der Waals surface area contributed by atoms with Gasteiger partial charge in [-0.2, -0.15) is 0 Å². The third-order valence-electron chi connectivity index (χ3n) is 4.59. The molecule has 0 aliphatic rings. The largest absolute Gasteiger partial charge is 0.494 e. The first-order valence-corrected chi connectivity index (χ1v) is 12.5. The van der Waals surface area contributed by atoms with Crippen molar-refractivity contribution in [2.75, 3.05) is 23.3 Å². The van der Waals surface area contributed by atoms with Crippen molar-refractivity contribution in [2.45, 2.75) is 11.8 Å². The van der Waals surface area contributed by atoms with Crippen molar-refractivity contribution in [3.8, 4) is 5.75 Å². The predicted molar refractivity (Wildman–Crippen MR) is 130 cm³/mol. The van der Waals surface area contributed by atoms with Crippen molar-refractivity contribution in [3.05, 3.63) is 81.6 Å². The van der Waals surface area contributed by atoms with Crippen LogP contribution in [-0.2, 0) is 19.6 Å². The van der Waals surface area contributed by atoms with Gasteiger partial charge in [-0.3, -0.25) is 9.52 Å². The van der Waals surface area contributed by atoms with Gasteiger partial charge in [0.2, 0.25) is 0 Å². The number of hydrogen-bond donors (Lipinski definition) is 2. The van der Waals surface area contributed by atoms with Crippen molar-refractivity contribution in [1.29, 1.82) is 0 Å². The average Bonchev–Trinajstić information content (AvgIpc) is 2.84. The molecule has 0 atom stereocenters. The molecule has 14 heteroatoms. The van der Waals surface area contributed by atoms with Gasteiger partial charge in [0.1, 0.15) is 10.6 Å². The van der Waals surface area contributed by atoms with Gasteiger partial charge in [0.25, 0.3) is 15.9 Å². The monoisotopic (exact) mass is 576 g/mol. The highest BCUT2D eigenvalue weighted by molar-refractivity contribution is 7.92. The van der Waals surface area contributed by atoms with Crippen molar-refractivity contribution in [3.63, 3.8) is 0 Å². The van der Waals surface area contributed by atoms with E-state index in [1.54, 1.807) is 19.1 Å². The van der Waals surface area contributed by atoms with Crippen LogP contribution in [0.15, 0.2) is 53.4 Å². The Hall–Kier alpha value is -3.48. The summed E-state index contributed by atoms with van der Waals surface area (Å²) in [4.78, 5) is 24.0. The van der Waals surface area contributed by atoms with Crippen molar-refractivity contribution < 1.29 is 40.7 Å². The van der Waals surface area contributed by atoms with Gasteiger partial charge in [0, 0.05) is 5.69 Å². The molecule has 2 N–H and O–H groups in total. The molecular formula is C23H17Cl2F3N2O6S. The van der Waals surface area contributed by atoms with Crippen LogP contribution in [0.4, 0.5) is 24.5 Å². The molecule has 8 nitrogen and oxygen atoms in total. The fourth-order valence-corrected chi connectivity index (χ4v) is 4.82. The lowest BCUT2D eigenvalue weighted by molar-refractivity contribution is -0.119. The number of rotatable bonds is 9. The molecule has 0 fully saturated rings. The van der Waals surface area contributed by atoms with Gasteiger partial charge in [0.15, 0.2) is 24.1 Å². The van der Waals surface area contributed by atoms with E-state index in [1.807, 2.05) is 5.32 Å². The first kappa shape index (κ1) is 28.1. The molecule has 0 aliphatic carbocycles. The number of benzene rings is 3. The highest BCUT2D eigenvalue weighted by atomic mass is 35.5. The quantitative estimate of drug-likeness (QED) is 0.260. The number of carbonyl (C=O) groups excluding carboxylic acids is 2. The summed E-state index contributed by atoms with van der Waals surface area (Å²) in [6.45, 7) is 1.23. The smallest absolute Gasteiger partial charge is 0.340 e. The number of carbonyl (C=O) groups is 2. The lowest BCUT2D eigenvalue weighted by Gasteiger charge is -2.13. The van der Waals surface area contributed by atoms with Gasteiger partial charge in [-0.15, -0.1) is 0 Å². The molecule has 1 amide bonds. The van der Waals surface area contributed by atoms with Crippen LogP contribution in [0.25, 0.3) is 0 Å². The van der Waals surface area contributed by atoms with Crippen LogP contribution in [-0.4, -0.2) is 33.5 Å². The second-order valence-electron chi connectivity index (χ2n) is 7.17. The molecule has 3 aromatic rings. The molecule has 37 heavy (non-hydrogen) atoms. The first-order chi connectivity index (χ1) is 17.4. The first-order valence-electron chi connectivity index (χ1n) is 10.3. The zero-order chi connectivity index (χ0) is 27.3. The van der Waals surface area contributed by atoms with E-state index < -0.39 is 62.1 Å². The van der Waals surface area contributed by atoms with E-state index in [2.05, 4.69) is 4.72 Å². The van der Waals surface area contributed by atoms with Crippen LogP contribution in [0.3, 0.4) is 0 Å². The van der Waals surface area contributed by atoms with Crippen LogP contribution < -0.4 is 14.8 Å². The summed E-state index contributed by atoms with van der Waals surface area (Å²) in [5.74, 6) is -6.67. The molecule has 0 saturated heterocycles. The predicted octanol–water partition coefficient (Wildman–Crippen LogP) is 5.41. The Balaban J connectivity index is 1.74. The standard InChI is InChI=1S/C23H17Cl2F3N2O6S/c1-2-35-13-5-3-12(4-6-13)30-37(33,34)19-9-14(15(24)10-16(19)25)23(32)36-11-20(31)29-18-8-7-17(26)21(27)22(18)28/h3-10,30H,2,11H2,1H3,(H,29,31). The lowest BCUT2D eigenvalue weighted by Crippen LogP contribution is -2.22. The Morgan fingerprint density at radius 1 is 0.946 bits per heavy atom. The van der Waals surface area contributed by atoms with Crippen LogP contribution >= 0.6 is 23.2 Å². The second kappa shape index (κ2) is 11.7. The normalized spacial score (nSPS) is 11.1. The van der Waals surface area contributed by atoms with Crippen LogP contribution in [0.5, 0.6) is 5.75 Å². The number of amides is 1. The second-order valence-corrected chi connectivity index (χ2v) is 9.64. The number of anilines is 2. The molecule has 0 radical (unpaired) electrons. The highest BCUT2D eigenvalue weighted by Crippen LogP contribution is 2.31. The van der Waals surface area contributed by atoms with Crippen molar-refractivity contribution in [2.24, 2.45) is 0 Å². The fourth-order valence-electron chi connectivity index (χ4n) is 2.91. The molecule has 3 rings (SSSR count). The summed E-state index contributed by atoms with van der Waals surface area (Å²) >= 11 is 12.1. The Morgan fingerprint density at radius 2 is 1.62 bits per heavy atom. The topological polar surface area (TPSA) is 111 Å². The van der Waals surface area contributed by atoms with E-state index >= 15 is 0 Å². The van der Waals surface area contributed by atoms with Gasteiger partial charge in [-0.05, 0) is 55.5 Å². The molecule has 0 aliphatic heterocycles. The lowest BCUT2D eigenvalue weighted by atomic mass is 10.2. The molecule has 196 valence electrons. The molecular weight excluding hydrogens is 560 g/mol. The number of halogens is 5. The van der Waals surface area contributed by atoms with Crippen molar-refractivity contribution in [1.82, 2.24) is 0 Å². The summed E-state index contributed by atoms with van der Waals surface area (Å²) in [7, 11) is -4.30. The van der Waals surface area contributed by atoms with Gasteiger partial charge in [-0.1, -0.05) is 23.2 Å². The molecule has 3 aromatic carbocycles. The Kier molecular flexibility index (Phi) is 8.89. The summed E-state index contributed by atoms with van der Waals surface area (Å²) in [6.07, 6.45) is 0. The zero-order valence-corrected chi connectivity index (χ0v) is 21.1. The fraction of sp³-hybridized carbons (Fsp3) is 0.130. The molecule has 0 heterocycles. The number of sulfonamides is 1. The zero-order valence-electron chi connectivity index (χ0n) is 18.8. The maximum Gasteiger partial charge on any atom is 0.340 e. The Labute approximate surface area is 219 Å². The minimum Gasteiger partial charge on any atom is -0.494 e. The number of nitrogens with one attached hydrogen (secondary N) is 2. The third kappa shape index (κ3) is 6.85. The molecule has 0 saturated carbocycles. The summed E-state index contributed by atoms with van der Waals surface area (Å²) in [6, 6.07) is 9.23. The minimum atomic E-state index is -4.30. The summed E-state index contributed by atoms with van der Waals surface area (Å²) in [5.41, 5.74) is -0.942. The molecule has 0 unspecified atom stereocenters. The Morgan fingerprint density at radius 3 is 2.27 bits per heavy atom. The van der Waals surface area contributed by atoms with Gasteiger partial charge < -0.3 is 14.8 Å². The number of hydrogen-bond acceptors (Lipinski definition) is 6. The highest BCUT2D eigenvalue weighted by Gasteiger charge is 2.24. The molecule has 0 aromatic heterocycles. The van der Waals surface area contributed by atoms with E-state index in [-0.39, 0.29) is 15.7 Å². The van der Waals surface area contributed by atoms with E-state index in [0.717, 1.165) is 18.2 Å². The maximum atomic E-state index is 13.7. The average molecular weight is 577 g/mol. The van der Waals surface area contributed by atoms with E-state index in [4.69, 9.17) is 32.7 Å². The Bertz CT molecular complexity index is 1450. The van der Waals surface area contributed by atoms with E-state index in [1.165, 1.54) is 12.1 Å². The van der Waals surface area contributed by atoms with Gasteiger partial charge in [0.05, 0.1) is 27.9 Å². The SMILES string of the molecule is CCOc1ccc(NS(=O)(=O)c2cc(C(=O)OCC(=O)Nc3ccc(F)c(F)c3F)c(Cl)cc2Cl)cc1. The van der Waals surface area contributed by atoms with Crippen molar-refractivity contribution >= 4 is 56.5 Å². The summed E-state index contributed by atoms with van der Waals surface area (Å²) < 4.78 is 78.2. The number of ether oxygens (including phenoxy) is 2. The molecule has 0 bridgehead atoms. The van der Waals surface area contributed by atoms with Gasteiger partial charge >= 0.3 is 5.97 Å². The number of esters is 1. The maximum absolute atomic E-state index is 13.7. The van der Waals surface area contributed by atoms with Crippen LogP contribution in [0.2, 0.25) is 10.0 Å². The third-order valence-corrected chi connectivity index (χ3v) is 6.75. The van der Waals surface area contributed by atoms with E-state index in [0.29, 0.717) is 18.4 Å².